The highest BCUT2D eigenvalue weighted by Gasteiger charge is 2.36. The smallest absolute Gasteiger partial charge is 0.258 e. The number of anilines is 3. The van der Waals surface area contributed by atoms with E-state index >= 15 is 0 Å². The lowest BCUT2D eigenvalue weighted by Crippen LogP contribution is -2.46. The van der Waals surface area contributed by atoms with E-state index in [9.17, 15) is 18.8 Å². The van der Waals surface area contributed by atoms with Crippen molar-refractivity contribution in [2.45, 2.75) is 64.5 Å². The molecule has 3 atom stereocenters. The molecule has 2 aromatic rings. The maximum Gasteiger partial charge on any atom is 0.258 e. The van der Waals surface area contributed by atoms with Crippen molar-refractivity contribution in [3.8, 4) is 0 Å². The highest BCUT2D eigenvalue weighted by atomic mass is 19.1. The van der Waals surface area contributed by atoms with Gasteiger partial charge in [0.1, 0.15) is 11.6 Å². The molecule has 31 heavy (non-hydrogen) atoms. The van der Waals surface area contributed by atoms with E-state index in [1.54, 1.807) is 13.0 Å². The van der Waals surface area contributed by atoms with Crippen molar-refractivity contribution in [3.63, 3.8) is 0 Å². The number of halogens is 1. The molecule has 2 aliphatic heterocycles. The molecule has 2 aliphatic rings. The topological polar surface area (TPSA) is 107 Å². The Kier molecular flexibility index (Phi) is 5.51. The second-order valence-corrected chi connectivity index (χ2v) is 8.47. The van der Waals surface area contributed by atoms with Crippen LogP contribution in [0.4, 0.5) is 21.8 Å². The van der Waals surface area contributed by atoms with Gasteiger partial charge >= 0.3 is 0 Å². The molecule has 0 bridgehead atoms. The number of nitrogens with one attached hydrogen (secondary N) is 3. The first kappa shape index (κ1) is 21.0. The molecule has 2 amide bonds. The van der Waals surface area contributed by atoms with E-state index in [4.69, 9.17) is 0 Å². The highest BCUT2D eigenvalue weighted by Crippen LogP contribution is 2.32. The van der Waals surface area contributed by atoms with Crippen LogP contribution in [0, 0.1) is 12.7 Å². The average molecular weight is 427 g/mol. The third-order valence-electron chi connectivity index (χ3n) is 6.08. The molecule has 9 heteroatoms. The zero-order valence-electron chi connectivity index (χ0n) is 17.8. The highest BCUT2D eigenvalue weighted by molar-refractivity contribution is 6.04. The normalized spacial score (nSPS) is 23.2. The fraction of sp³-hybridized carbons (Fsp3) is 0.455. The molecule has 1 saturated heterocycles. The summed E-state index contributed by atoms with van der Waals surface area (Å²) in [5.41, 5.74) is 0.326. The second-order valence-electron chi connectivity index (χ2n) is 8.47. The van der Waals surface area contributed by atoms with Crippen LogP contribution in [0.1, 0.15) is 56.6 Å². The van der Waals surface area contributed by atoms with E-state index in [0.717, 1.165) is 19.3 Å². The van der Waals surface area contributed by atoms with Crippen molar-refractivity contribution >= 4 is 29.3 Å². The van der Waals surface area contributed by atoms with Gasteiger partial charge in [-0.1, -0.05) is 6.07 Å². The SMILES string of the molecule is Cc1ccc(NC(=O)[C@@H]2CC(=O)Nc3nc(N4[C@@H](C)CCC[C@@H]4C)[nH]c(=O)c32)c(F)c1. The van der Waals surface area contributed by atoms with Crippen LogP contribution >= 0.6 is 0 Å². The Morgan fingerprint density at radius 3 is 2.61 bits per heavy atom. The number of carbonyl (C=O) groups excluding carboxylic acids is 2. The van der Waals surface area contributed by atoms with Gasteiger partial charge in [0.25, 0.3) is 5.56 Å². The van der Waals surface area contributed by atoms with Crippen LogP contribution in [-0.4, -0.2) is 33.9 Å². The molecule has 1 aromatic carbocycles. The summed E-state index contributed by atoms with van der Waals surface area (Å²) in [6.45, 7) is 5.88. The number of amides is 2. The van der Waals surface area contributed by atoms with Crippen molar-refractivity contribution < 1.29 is 14.0 Å². The molecule has 0 unspecified atom stereocenters. The van der Waals surface area contributed by atoms with E-state index in [0.29, 0.717) is 11.5 Å². The largest absolute Gasteiger partial charge is 0.337 e. The number of aryl methyl sites for hydroxylation is 1. The van der Waals surface area contributed by atoms with Crippen LogP contribution in [0.5, 0.6) is 0 Å². The van der Waals surface area contributed by atoms with Gasteiger partial charge in [0, 0.05) is 18.5 Å². The Morgan fingerprint density at radius 1 is 1.23 bits per heavy atom. The second kappa shape index (κ2) is 8.13. The number of H-pyrrole nitrogens is 1. The number of rotatable bonds is 3. The first-order valence-corrected chi connectivity index (χ1v) is 10.5. The fourth-order valence-corrected chi connectivity index (χ4v) is 4.49. The predicted octanol–water partition coefficient (Wildman–Crippen LogP) is 3.05. The summed E-state index contributed by atoms with van der Waals surface area (Å²) in [4.78, 5) is 47.6. The third-order valence-corrected chi connectivity index (χ3v) is 6.08. The minimum atomic E-state index is -1.06. The summed E-state index contributed by atoms with van der Waals surface area (Å²) in [7, 11) is 0. The molecule has 0 spiro atoms. The van der Waals surface area contributed by atoms with Gasteiger partial charge in [-0.05, 0) is 57.7 Å². The molecule has 164 valence electrons. The number of hydrogen-bond donors (Lipinski definition) is 3. The van der Waals surface area contributed by atoms with E-state index in [1.165, 1.54) is 12.1 Å². The lowest BCUT2D eigenvalue weighted by Gasteiger charge is -2.39. The molecule has 0 radical (unpaired) electrons. The number of hydrogen-bond acceptors (Lipinski definition) is 5. The van der Waals surface area contributed by atoms with E-state index in [2.05, 4.69) is 34.4 Å². The maximum absolute atomic E-state index is 14.2. The summed E-state index contributed by atoms with van der Waals surface area (Å²) < 4.78 is 14.2. The van der Waals surface area contributed by atoms with Crippen LogP contribution in [0.15, 0.2) is 23.0 Å². The van der Waals surface area contributed by atoms with Gasteiger partial charge in [-0.3, -0.25) is 19.4 Å². The minimum absolute atomic E-state index is 0.0000980. The molecule has 3 heterocycles. The molecule has 1 fully saturated rings. The van der Waals surface area contributed by atoms with Crippen molar-refractivity contribution in [2.24, 2.45) is 0 Å². The van der Waals surface area contributed by atoms with E-state index in [-0.39, 0.29) is 35.6 Å². The Labute approximate surface area is 179 Å². The quantitative estimate of drug-likeness (QED) is 0.698. The van der Waals surface area contributed by atoms with Crippen molar-refractivity contribution in [3.05, 3.63) is 45.5 Å². The number of aromatic amines is 1. The number of nitrogens with zero attached hydrogens (tertiary/aromatic N) is 2. The number of fused-ring (bicyclic) bond motifs is 1. The van der Waals surface area contributed by atoms with Gasteiger partial charge in [0.2, 0.25) is 17.8 Å². The van der Waals surface area contributed by atoms with Crippen molar-refractivity contribution in [1.82, 2.24) is 9.97 Å². The molecular formula is C22H26FN5O3. The first-order chi connectivity index (χ1) is 14.7. The lowest BCUT2D eigenvalue weighted by molar-refractivity contribution is -0.123. The van der Waals surface area contributed by atoms with Gasteiger partial charge in [-0.15, -0.1) is 0 Å². The van der Waals surface area contributed by atoms with Crippen LogP contribution in [0.25, 0.3) is 0 Å². The number of carbonyl (C=O) groups is 2. The van der Waals surface area contributed by atoms with Gasteiger partial charge in [0.15, 0.2) is 0 Å². The summed E-state index contributed by atoms with van der Waals surface area (Å²) >= 11 is 0. The van der Waals surface area contributed by atoms with Gasteiger partial charge in [-0.25, -0.2) is 4.39 Å². The third kappa shape index (κ3) is 4.04. The molecule has 1 aromatic heterocycles. The van der Waals surface area contributed by atoms with Crippen LogP contribution in [0.3, 0.4) is 0 Å². The summed E-state index contributed by atoms with van der Waals surface area (Å²) in [5, 5.41) is 5.13. The Bertz CT molecular complexity index is 1090. The first-order valence-electron chi connectivity index (χ1n) is 10.5. The maximum atomic E-state index is 14.2. The van der Waals surface area contributed by atoms with Crippen LogP contribution < -0.4 is 21.1 Å². The minimum Gasteiger partial charge on any atom is -0.337 e. The summed E-state index contributed by atoms with van der Waals surface area (Å²) in [5.74, 6) is -2.21. The Morgan fingerprint density at radius 2 is 1.94 bits per heavy atom. The molecule has 3 N–H and O–H groups in total. The molecule has 0 saturated carbocycles. The van der Waals surface area contributed by atoms with Gasteiger partial charge in [0.05, 0.1) is 17.2 Å². The van der Waals surface area contributed by atoms with Crippen LogP contribution in [-0.2, 0) is 9.59 Å². The zero-order chi connectivity index (χ0) is 22.3. The van der Waals surface area contributed by atoms with Gasteiger partial charge < -0.3 is 15.5 Å². The van der Waals surface area contributed by atoms with Crippen molar-refractivity contribution in [1.29, 1.82) is 0 Å². The Hall–Kier alpha value is -3.23. The number of aromatic nitrogens is 2. The zero-order valence-corrected chi connectivity index (χ0v) is 17.8. The molecule has 0 aliphatic carbocycles. The number of benzene rings is 1. The van der Waals surface area contributed by atoms with Gasteiger partial charge in [-0.2, -0.15) is 4.98 Å². The summed E-state index contributed by atoms with van der Waals surface area (Å²) in [6, 6.07) is 4.80. The summed E-state index contributed by atoms with van der Waals surface area (Å²) in [6.07, 6.45) is 2.84. The number of piperidine rings is 1. The molecular weight excluding hydrogens is 401 g/mol. The Balaban J connectivity index is 1.68. The fourth-order valence-electron chi connectivity index (χ4n) is 4.49. The molecule has 8 nitrogen and oxygen atoms in total. The standard InChI is InChI=1S/C22H26FN5O3/c1-11-7-8-16(15(23)9-11)24-20(30)14-10-17(29)25-19-18(14)21(31)27-22(26-19)28-12(2)5-4-6-13(28)3/h7-9,12-14H,4-6,10H2,1-3H3,(H,24,30)(H2,25,26,27,29,31)/t12-,13-,14+/m0/s1. The van der Waals surface area contributed by atoms with E-state index < -0.39 is 29.1 Å². The van der Waals surface area contributed by atoms with Crippen LogP contribution in [0.2, 0.25) is 0 Å². The lowest BCUT2D eigenvalue weighted by atomic mass is 9.92. The van der Waals surface area contributed by atoms with E-state index in [1.807, 2.05) is 4.90 Å². The predicted molar refractivity (Wildman–Crippen MR) is 116 cm³/mol. The average Bonchev–Trinajstić information content (AvgIpc) is 2.69. The monoisotopic (exact) mass is 427 g/mol. The van der Waals surface area contributed by atoms with Crippen molar-refractivity contribution in [2.75, 3.05) is 15.5 Å². The molecule has 4 rings (SSSR count).